The molecule has 11 heteroatoms. The van der Waals surface area contributed by atoms with Gasteiger partial charge in [0.05, 0.1) is 36.9 Å². The lowest BCUT2D eigenvalue weighted by atomic mass is 10.1. The Bertz CT molecular complexity index is 1470. The van der Waals surface area contributed by atoms with Crippen LogP contribution in [-0.2, 0) is 11.8 Å². The maximum Gasteiger partial charge on any atom is 0.358 e. The zero-order valence-electron chi connectivity index (χ0n) is 22.0. The first-order valence-corrected chi connectivity index (χ1v) is 13.0. The number of benzene rings is 2. The van der Waals surface area contributed by atoms with E-state index in [4.69, 9.17) is 21.1 Å². The molecule has 5 rings (SSSR count). The van der Waals surface area contributed by atoms with Crippen LogP contribution in [0.3, 0.4) is 0 Å². The molecule has 1 amide bonds. The number of anilines is 1. The number of carbonyl (C=O) groups excluding carboxylic acids is 2. The predicted molar refractivity (Wildman–Crippen MR) is 148 cm³/mol. The Morgan fingerprint density at radius 2 is 1.64 bits per heavy atom. The van der Waals surface area contributed by atoms with Gasteiger partial charge in [0.15, 0.2) is 5.69 Å². The summed E-state index contributed by atoms with van der Waals surface area (Å²) in [5, 5.41) is 8.95. The lowest BCUT2D eigenvalue weighted by Crippen LogP contribution is -2.48. The van der Waals surface area contributed by atoms with Gasteiger partial charge in [-0.1, -0.05) is 23.7 Å². The number of halogens is 1. The van der Waals surface area contributed by atoms with Crippen LogP contribution in [-0.4, -0.2) is 76.2 Å². The third-order valence-electron chi connectivity index (χ3n) is 6.70. The molecule has 0 radical (unpaired) electrons. The van der Waals surface area contributed by atoms with Gasteiger partial charge in [-0.25, -0.2) is 9.48 Å². The van der Waals surface area contributed by atoms with Crippen molar-refractivity contribution in [2.24, 2.45) is 7.05 Å². The monoisotopic (exact) mass is 548 g/mol. The molecular formula is C28H29ClN6O4. The Labute approximate surface area is 231 Å². The summed E-state index contributed by atoms with van der Waals surface area (Å²) in [6.45, 7) is 4.59. The van der Waals surface area contributed by atoms with Crippen molar-refractivity contribution in [2.45, 2.75) is 6.92 Å². The zero-order valence-corrected chi connectivity index (χ0v) is 22.8. The quantitative estimate of drug-likeness (QED) is 0.321. The van der Waals surface area contributed by atoms with Crippen LogP contribution in [0.25, 0.3) is 16.9 Å². The number of aryl methyl sites for hydroxylation is 1. The highest BCUT2D eigenvalue weighted by Crippen LogP contribution is 2.28. The van der Waals surface area contributed by atoms with Crippen molar-refractivity contribution in [3.63, 3.8) is 0 Å². The molecule has 0 bridgehead atoms. The Morgan fingerprint density at radius 3 is 2.23 bits per heavy atom. The van der Waals surface area contributed by atoms with Gasteiger partial charge in [0.1, 0.15) is 10.9 Å². The van der Waals surface area contributed by atoms with Gasteiger partial charge in [-0.15, -0.1) is 0 Å². The minimum Gasteiger partial charge on any atom is -0.497 e. The normalized spacial score (nSPS) is 13.4. The third kappa shape index (κ3) is 5.33. The first-order valence-electron chi connectivity index (χ1n) is 12.6. The number of ether oxygens (including phenoxy) is 2. The highest BCUT2D eigenvalue weighted by atomic mass is 35.5. The first-order chi connectivity index (χ1) is 18.9. The summed E-state index contributed by atoms with van der Waals surface area (Å²) in [4.78, 5) is 29.4. The lowest BCUT2D eigenvalue weighted by molar-refractivity contribution is 0.0518. The molecule has 1 saturated heterocycles. The molecule has 0 aliphatic carbocycles. The van der Waals surface area contributed by atoms with E-state index in [2.05, 4.69) is 15.1 Å². The van der Waals surface area contributed by atoms with E-state index < -0.39 is 5.97 Å². The number of rotatable bonds is 7. The number of esters is 1. The second-order valence-electron chi connectivity index (χ2n) is 9.04. The second-order valence-corrected chi connectivity index (χ2v) is 9.40. The van der Waals surface area contributed by atoms with E-state index in [1.54, 1.807) is 36.7 Å². The Morgan fingerprint density at radius 1 is 0.974 bits per heavy atom. The summed E-state index contributed by atoms with van der Waals surface area (Å²) in [7, 11) is 3.32. The van der Waals surface area contributed by atoms with Crippen LogP contribution in [0.15, 0.2) is 60.8 Å². The molecule has 0 atom stereocenters. The molecule has 3 heterocycles. The number of piperazine rings is 1. The van der Waals surface area contributed by atoms with Crippen molar-refractivity contribution in [1.29, 1.82) is 0 Å². The zero-order chi connectivity index (χ0) is 27.5. The maximum absolute atomic E-state index is 12.9. The van der Waals surface area contributed by atoms with Gasteiger partial charge in [-0.3, -0.25) is 9.48 Å². The van der Waals surface area contributed by atoms with Crippen LogP contribution in [0.2, 0.25) is 5.15 Å². The van der Waals surface area contributed by atoms with Gasteiger partial charge in [0.25, 0.3) is 5.91 Å². The van der Waals surface area contributed by atoms with Crippen LogP contribution >= 0.6 is 11.6 Å². The third-order valence-corrected chi connectivity index (χ3v) is 7.15. The summed E-state index contributed by atoms with van der Waals surface area (Å²) in [6.07, 6.45) is 1.51. The van der Waals surface area contributed by atoms with Crippen LogP contribution in [0.5, 0.6) is 5.75 Å². The SMILES string of the molecule is CCOC(=O)c1cc(-c2ccc(N3CCN(C(=O)c4cnn(C)c4Cl)CC3)cc2)n(-c2ccc(OC)cc2)n1. The highest BCUT2D eigenvalue weighted by Gasteiger charge is 2.25. The van der Waals surface area contributed by atoms with E-state index >= 15 is 0 Å². The summed E-state index contributed by atoms with van der Waals surface area (Å²) < 4.78 is 13.7. The van der Waals surface area contributed by atoms with Crippen molar-refractivity contribution < 1.29 is 19.1 Å². The average Bonchev–Trinajstić information content (AvgIpc) is 3.57. The van der Waals surface area contributed by atoms with Gasteiger partial charge in [-0.2, -0.15) is 10.2 Å². The molecule has 39 heavy (non-hydrogen) atoms. The number of hydrogen-bond donors (Lipinski definition) is 0. The largest absolute Gasteiger partial charge is 0.497 e. The van der Waals surface area contributed by atoms with E-state index in [1.807, 2.05) is 48.5 Å². The molecule has 0 N–H and O–H groups in total. The maximum atomic E-state index is 12.9. The number of amides is 1. The average molecular weight is 549 g/mol. The molecule has 1 aliphatic rings. The number of aromatic nitrogens is 4. The van der Waals surface area contributed by atoms with E-state index in [9.17, 15) is 9.59 Å². The molecule has 0 saturated carbocycles. The molecule has 0 unspecified atom stereocenters. The van der Waals surface area contributed by atoms with Crippen LogP contribution < -0.4 is 9.64 Å². The predicted octanol–water partition coefficient (Wildman–Crippen LogP) is 4.07. The number of hydrogen-bond acceptors (Lipinski definition) is 7. The smallest absolute Gasteiger partial charge is 0.358 e. The van der Waals surface area contributed by atoms with E-state index in [0.29, 0.717) is 36.9 Å². The Kier molecular flexibility index (Phi) is 7.56. The molecule has 202 valence electrons. The lowest BCUT2D eigenvalue weighted by Gasteiger charge is -2.36. The van der Waals surface area contributed by atoms with Crippen molar-refractivity contribution in [1.82, 2.24) is 24.5 Å². The Balaban J connectivity index is 1.34. The van der Waals surface area contributed by atoms with Crippen molar-refractivity contribution in [2.75, 3.05) is 44.8 Å². The number of methoxy groups -OCH3 is 1. The minimum absolute atomic E-state index is 0.104. The number of nitrogens with zero attached hydrogens (tertiary/aromatic N) is 6. The van der Waals surface area contributed by atoms with Crippen molar-refractivity contribution in [3.8, 4) is 22.7 Å². The summed E-state index contributed by atoms with van der Waals surface area (Å²) in [5.41, 5.74) is 4.16. The molecule has 1 fully saturated rings. The van der Waals surface area contributed by atoms with Gasteiger partial charge in [0, 0.05) is 44.5 Å². The molecule has 2 aromatic heterocycles. The van der Waals surface area contributed by atoms with Gasteiger partial charge in [-0.05, 0) is 49.4 Å². The highest BCUT2D eigenvalue weighted by molar-refractivity contribution is 6.32. The molecule has 0 spiro atoms. The summed E-state index contributed by atoms with van der Waals surface area (Å²) in [5.74, 6) is 0.155. The fourth-order valence-electron chi connectivity index (χ4n) is 4.56. The van der Waals surface area contributed by atoms with E-state index in [0.717, 1.165) is 28.4 Å². The molecule has 10 nitrogen and oxygen atoms in total. The first kappa shape index (κ1) is 26.3. The minimum atomic E-state index is -0.470. The van der Waals surface area contributed by atoms with Crippen LogP contribution in [0, 0.1) is 0 Å². The molecule has 2 aromatic carbocycles. The fraction of sp³-hybridized carbons (Fsp3) is 0.286. The van der Waals surface area contributed by atoms with Gasteiger partial charge in [0.2, 0.25) is 0 Å². The molecule has 1 aliphatic heterocycles. The standard InChI is InChI=1S/C28H29ClN6O4/c1-4-39-28(37)24-17-25(35(31-24)21-9-11-22(38-3)12-10-21)19-5-7-20(8-6-19)33-13-15-34(16-14-33)27(36)23-18-30-32(2)26(23)29/h5-12,17-18H,4,13-16H2,1-3H3. The summed E-state index contributed by atoms with van der Waals surface area (Å²) >= 11 is 6.22. The van der Waals surface area contributed by atoms with Crippen LogP contribution in [0.1, 0.15) is 27.8 Å². The van der Waals surface area contributed by atoms with E-state index in [1.165, 1.54) is 10.9 Å². The topological polar surface area (TPSA) is 94.7 Å². The van der Waals surface area contributed by atoms with Crippen molar-refractivity contribution in [3.05, 3.63) is 77.2 Å². The second kappa shape index (κ2) is 11.2. The fourth-order valence-corrected chi connectivity index (χ4v) is 4.73. The number of carbonyl (C=O) groups is 2. The van der Waals surface area contributed by atoms with Gasteiger partial charge >= 0.3 is 5.97 Å². The molecular weight excluding hydrogens is 520 g/mol. The molecule has 4 aromatic rings. The summed E-state index contributed by atoms with van der Waals surface area (Å²) in [6, 6.07) is 17.3. The van der Waals surface area contributed by atoms with Crippen LogP contribution in [0.4, 0.5) is 5.69 Å². The van der Waals surface area contributed by atoms with Gasteiger partial charge < -0.3 is 19.3 Å². The van der Waals surface area contributed by atoms with E-state index in [-0.39, 0.29) is 18.2 Å². The Hall–Kier alpha value is -4.31. The van der Waals surface area contributed by atoms with Crippen molar-refractivity contribution >= 4 is 29.2 Å².